The van der Waals surface area contributed by atoms with Crippen molar-refractivity contribution in [2.45, 2.75) is 44.9 Å². The van der Waals surface area contributed by atoms with E-state index >= 15 is 0 Å². The van der Waals surface area contributed by atoms with Gasteiger partial charge in [-0.2, -0.15) is 0 Å². The fraction of sp³-hybridized carbons (Fsp3) is 0.571. The van der Waals surface area contributed by atoms with Crippen molar-refractivity contribution in [1.82, 2.24) is 0 Å². The normalized spacial score (nSPS) is 17.7. The van der Waals surface area contributed by atoms with Gasteiger partial charge in [0, 0.05) is 0 Å². The van der Waals surface area contributed by atoms with Gasteiger partial charge in [0.05, 0.1) is 7.11 Å². The molecule has 0 aliphatic heterocycles. The van der Waals surface area contributed by atoms with E-state index in [0.29, 0.717) is 0 Å². The van der Waals surface area contributed by atoms with E-state index in [1.54, 1.807) is 7.11 Å². The quantitative estimate of drug-likeness (QED) is 0.706. The van der Waals surface area contributed by atoms with Gasteiger partial charge in [0.1, 0.15) is 5.75 Å². The molecule has 1 saturated carbocycles. The second kappa shape index (κ2) is 4.69. The van der Waals surface area contributed by atoms with Crippen LogP contribution in [0.3, 0.4) is 0 Å². The third kappa shape index (κ3) is 2.34. The van der Waals surface area contributed by atoms with Crippen molar-refractivity contribution in [3.8, 4) is 5.75 Å². The first-order valence-electron chi connectivity index (χ1n) is 5.96. The molecule has 0 aromatic heterocycles. The molecule has 2 rings (SSSR count). The highest BCUT2D eigenvalue weighted by Crippen LogP contribution is 2.34. The maximum atomic E-state index is 5.29. The monoisotopic (exact) mass is 204 g/mol. The Morgan fingerprint density at radius 1 is 1.13 bits per heavy atom. The molecule has 0 bridgehead atoms. The van der Waals surface area contributed by atoms with Crippen molar-refractivity contribution in [1.29, 1.82) is 0 Å². The summed E-state index contributed by atoms with van der Waals surface area (Å²) in [5.41, 5.74) is 2.77. The topological polar surface area (TPSA) is 9.23 Å². The van der Waals surface area contributed by atoms with E-state index in [2.05, 4.69) is 25.1 Å². The lowest BCUT2D eigenvalue weighted by molar-refractivity contribution is 0.410. The van der Waals surface area contributed by atoms with Crippen molar-refractivity contribution in [2.24, 2.45) is 0 Å². The molecule has 0 amide bonds. The largest absolute Gasteiger partial charge is 0.496 e. The molecule has 1 aromatic rings. The molecule has 82 valence electrons. The highest BCUT2D eigenvalue weighted by atomic mass is 16.5. The summed E-state index contributed by atoms with van der Waals surface area (Å²) in [5, 5.41) is 0. The molecule has 0 N–H and O–H groups in total. The van der Waals surface area contributed by atoms with Crippen LogP contribution in [0.4, 0.5) is 0 Å². The van der Waals surface area contributed by atoms with E-state index in [1.165, 1.54) is 43.2 Å². The predicted octanol–water partition coefficient (Wildman–Crippen LogP) is 4.05. The average Bonchev–Trinajstić information content (AvgIpc) is 2.30. The zero-order valence-electron chi connectivity index (χ0n) is 9.75. The third-order valence-electron chi connectivity index (χ3n) is 3.50. The Morgan fingerprint density at radius 2 is 1.87 bits per heavy atom. The van der Waals surface area contributed by atoms with E-state index in [9.17, 15) is 0 Å². The van der Waals surface area contributed by atoms with Gasteiger partial charge >= 0.3 is 0 Å². The minimum atomic E-state index is 0.795. The van der Waals surface area contributed by atoms with Gasteiger partial charge in [0.15, 0.2) is 0 Å². The number of ether oxygens (including phenoxy) is 1. The Labute approximate surface area is 92.5 Å². The van der Waals surface area contributed by atoms with Gasteiger partial charge in [-0.15, -0.1) is 0 Å². The molecule has 1 aliphatic rings. The Bertz CT molecular complexity index is 324. The van der Waals surface area contributed by atoms with Crippen LogP contribution in [0.2, 0.25) is 0 Å². The van der Waals surface area contributed by atoms with Crippen molar-refractivity contribution in [3.63, 3.8) is 0 Å². The molecule has 1 nitrogen and oxygen atoms in total. The van der Waals surface area contributed by atoms with E-state index < -0.39 is 0 Å². The third-order valence-corrected chi connectivity index (χ3v) is 3.50. The highest BCUT2D eigenvalue weighted by molar-refractivity contribution is 5.37. The number of benzene rings is 1. The molecular weight excluding hydrogens is 184 g/mol. The molecule has 0 unspecified atom stereocenters. The van der Waals surface area contributed by atoms with Gasteiger partial charge in [0.2, 0.25) is 0 Å². The average molecular weight is 204 g/mol. The lowest BCUT2D eigenvalue weighted by Gasteiger charge is -2.22. The van der Waals surface area contributed by atoms with Crippen molar-refractivity contribution < 1.29 is 4.74 Å². The van der Waals surface area contributed by atoms with E-state index in [4.69, 9.17) is 4.74 Å². The van der Waals surface area contributed by atoms with Crippen LogP contribution < -0.4 is 4.74 Å². The number of aryl methyl sites for hydroxylation is 1. The molecule has 1 heteroatoms. The zero-order chi connectivity index (χ0) is 10.7. The summed E-state index contributed by atoms with van der Waals surface area (Å²) in [4.78, 5) is 0. The van der Waals surface area contributed by atoms with E-state index in [-0.39, 0.29) is 0 Å². The molecule has 0 spiro atoms. The predicted molar refractivity (Wildman–Crippen MR) is 63.6 cm³/mol. The summed E-state index contributed by atoms with van der Waals surface area (Å²) in [7, 11) is 1.74. The first-order chi connectivity index (χ1) is 7.31. The minimum absolute atomic E-state index is 0.795. The first kappa shape index (κ1) is 10.5. The molecule has 0 atom stereocenters. The second-order valence-electron chi connectivity index (χ2n) is 4.56. The Morgan fingerprint density at radius 3 is 2.47 bits per heavy atom. The molecule has 1 aliphatic carbocycles. The molecule has 0 radical (unpaired) electrons. The SMILES string of the molecule is COc1ccc(C2CCCCC2)cc1C. The summed E-state index contributed by atoms with van der Waals surface area (Å²) in [6.45, 7) is 2.13. The second-order valence-corrected chi connectivity index (χ2v) is 4.56. The fourth-order valence-electron chi connectivity index (χ4n) is 2.59. The number of hydrogen-bond donors (Lipinski definition) is 0. The summed E-state index contributed by atoms with van der Waals surface area (Å²) in [6.07, 6.45) is 6.95. The summed E-state index contributed by atoms with van der Waals surface area (Å²) in [5.74, 6) is 1.80. The van der Waals surface area contributed by atoms with Gasteiger partial charge in [0.25, 0.3) is 0 Å². The van der Waals surface area contributed by atoms with Gasteiger partial charge in [-0.1, -0.05) is 31.4 Å². The van der Waals surface area contributed by atoms with Crippen LogP contribution in [0.15, 0.2) is 18.2 Å². The van der Waals surface area contributed by atoms with Crippen LogP contribution in [-0.2, 0) is 0 Å². The van der Waals surface area contributed by atoms with Crippen LogP contribution in [0.1, 0.15) is 49.1 Å². The number of methoxy groups -OCH3 is 1. The van der Waals surface area contributed by atoms with Gasteiger partial charge in [-0.25, -0.2) is 0 Å². The maximum Gasteiger partial charge on any atom is 0.121 e. The molecule has 0 saturated heterocycles. The molecule has 0 heterocycles. The Kier molecular flexibility index (Phi) is 3.30. The van der Waals surface area contributed by atoms with Crippen molar-refractivity contribution >= 4 is 0 Å². The Balaban J connectivity index is 2.17. The van der Waals surface area contributed by atoms with Crippen LogP contribution in [0.5, 0.6) is 5.75 Å². The van der Waals surface area contributed by atoms with Crippen LogP contribution in [-0.4, -0.2) is 7.11 Å². The molecule has 1 fully saturated rings. The van der Waals surface area contributed by atoms with E-state index in [0.717, 1.165) is 11.7 Å². The van der Waals surface area contributed by atoms with Gasteiger partial charge in [-0.05, 0) is 42.9 Å². The molecular formula is C14H20O. The van der Waals surface area contributed by atoms with Crippen LogP contribution >= 0.6 is 0 Å². The van der Waals surface area contributed by atoms with Crippen LogP contribution in [0.25, 0.3) is 0 Å². The standard InChI is InChI=1S/C14H20O/c1-11-10-13(8-9-14(11)15-2)12-6-4-3-5-7-12/h8-10,12H,3-7H2,1-2H3. The fourth-order valence-corrected chi connectivity index (χ4v) is 2.59. The highest BCUT2D eigenvalue weighted by Gasteiger charge is 2.15. The van der Waals surface area contributed by atoms with Gasteiger partial charge < -0.3 is 4.74 Å². The first-order valence-corrected chi connectivity index (χ1v) is 5.96. The summed E-state index contributed by atoms with van der Waals surface area (Å²) in [6, 6.07) is 6.65. The van der Waals surface area contributed by atoms with Crippen LogP contribution in [0, 0.1) is 6.92 Å². The summed E-state index contributed by atoms with van der Waals surface area (Å²) < 4.78 is 5.29. The number of hydrogen-bond acceptors (Lipinski definition) is 1. The Hall–Kier alpha value is -0.980. The number of rotatable bonds is 2. The van der Waals surface area contributed by atoms with E-state index in [1.807, 2.05) is 0 Å². The van der Waals surface area contributed by atoms with Gasteiger partial charge in [-0.3, -0.25) is 0 Å². The smallest absolute Gasteiger partial charge is 0.121 e. The zero-order valence-corrected chi connectivity index (χ0v) is 9.75. The van der Waals surface area contributed by atoms with Crippen molar-refractivity contribution in [2.75, 3.05) is 7.11 Å². The molecule has 15 heavy (non-hydrogen) atoms. The minimum Gasteiger partial charge on any atom is -0.496 e. The van der Waals surface area contributed by atoms with Crippen molar-refractivity contribution in [3.05, 3.63) is 29.3 Å². The summed E-state index contributed by atoms with van der Waals surface area (Å²) >= 11 is 0. The maximum absolute atomic E-state index is 5.29. The lowest BCUT2D eigenvalue weighted by Crippen LogP contribution is -2.04. The molecule has 1 aromatic carbocycles. The lowest BCUT2D eigenvalue weighted by atomic mass is 9.83.